The fourth-order valence-electron chi connectivity index (χ4n) is 6.03. The maximum Gasteiger partial charge on any atom is 0.262 e. The first-order chi connectivity index (χ1) is 14.3. The Morgan fingerprint density at radius 3 is 2.60 bits per heavy atom. The van der Waals surface area contributed by atoms with Gasteiger partial charge in [0.1, 0.15) is 6.04 Å². The summed E-state index contributed by atoms with van der Waals surface area (Å²) < 4.78 is 0. The Morgan fingerprint density at radius 1 is 1.17 bits per heavy atom. The SMILES string of the molecule is CCC12CN(Cc3cccc4c3C(=O)N(C3CCC(=O)NC3=O)C4=O)C(CN)(C1)C2. The van der Waals surface area contributed by atoms with Crippen LogP contribution in [0.15, 0.2) is 18.2 Å². The highest BCUT2D eigenvalue weighted by atomic mass is 16.2. The van der Waals surface area contributed by atoms with Gasteiger partial charge in [0, 0.05) is 31.6 Å². The second-order valence-electron chi connectivity index (χ2n) is 9.28. The zero-order valence-electron chi connectivity index (χ0n) is 17.1. The Balaban J connectivity index is 1.45. The van der Waals surface area contributed by atoms with Gasteiger partial charge in [-0.2, -0.15) is 0 Å². The first kappa shape index (κ1) is 19.4. The lowest BCUT2D eigenvalue weighted by molar-refractivity contribution is -0.136. The molecule has 0 spiro atoms. The monoisotopic (exact) mass is 410 g/mol. The number of amides is 4. The number of nitrogens with two attached hydrogens (primary N) is 1. The summed E-state index contributed by atoms with van der Waals surface area (Å²) in [6, 6.07) is 4.37. The van der Waals surface area contributed by atoms with Crippen LogP contribution in [0.25, 0.3) is 0 Å². The van der Waals surface area contributed by atoms with E-state index in [-0.39, 0.29) is 24.3 Å². The minimum absolute atomic E-state index is 0.0201. The fraction of sp³-hybridized carbons (Fsp3) is 0.545. The number of hydrogen-bond acceptors (Lipinski definition) is 6. The lowest BCUT2D eigenvalue weighted by Crippen LogP contribution is -2.54. The van der Waals surface area contributed by atoms with Crippen LogP contribution in [0.3, 0.4) is 0 Å². The van der Waals surface area contributed by atoms with Crippen molar-refractivity contribution in [2.75, 3.05) is 13.1 Å². The molecule has 1 atom stereocenters. The largest absolute Gasteiger partial charge is 0.329 e. The van der Waals surface area contributed by atoms with Crippen molar-refractivity contribution in [1.29, 1.82) is 0 Å². The van der Waals surface area contributed by atoms with Crippen LogP contribution in [-0.4, -0.2) is 58.1 Å². The van der Waals surface area contributed by atoms with Gasteiger partial charge in [-0.3, -0.25) is 34.3 Å². The summed E-state index contributed by atoms with van der Waals surface area (Å²) in [5.74, 6) is -1.87. The number of imide groups is 2. The molecule has 30 heavy (non-hydrogen) atoms. The molecule has 1 saturated carbocycles. The summed E-state index contributed by atoms with van der Waals surface area (Å²) >= 11 is 0. The Hall–Kier alpha value is -2.58. The van der Waals surface area contributed by atoms with Crippen LogP contribution in [-0.2, 0) is 16.1 Å². The van der Waals surface area contributed by atoms with E-state index in [2.05, 4.69) is 17.1 Å². The molecule has 3 saturated heterocycles. The van der Waals surface area contributed by atoms with Gasteiger partial charge < -0.3 is 5.73 Å². The molecule has 1 aromatic carbocycles. The summed E-state index contributed by atoms with van der Waals surface area (Å²) in [5.41, 5.74) is 7.94. The molecule has 8 heteroatoms. The highest BCUT2D eigenvalue weighted by molar-refractivity contribution is 6.24. The molecular weight excluding hydrogens is 384 g/mol. The van der Waals surface area contributed by atoms with Crippen molar-refractivity contribution in [1.82, 2.24) is 15.1 Å². The Labute approximate surface area is 174 Å². The van der Waals surface area contributed by atoms with Crippen molar-refractivity contribution >= 4 is 23.6 Å². The lowest BCUT2D eigenvalue weighted by atomic mass is 9.61. The van der Waals surface area contributed by atoms with E-state index in [1.807, 2.05) is 6.07 Å². The number of nitrogens with one attached hydrogen (secondary N) is 1. The van der Waals surface area contributed by atoms with E-state index in [9.17, 15) is 19.2 Å². The summed E-state index contributed by atoms with van der Waals surface area (Å²) in [4.78, 5) is 53.5. The van der Waals surface area contributed by atoms with E-state index in [1.165, 1.54) is 0 Å². The maximum atomic E-state index is 13.3. The predicted octanol–water partition coefficient (Wildman–Crippen LogP) is 0.791. The number of benzene rings is 1. The molecule has 1 aromatic rings. The van der Waals surface area contributed by atoms with Crippen LogP contribution in [0.5, 0.6) is 0 Å². The number of carbonyl (C=O) groups is 4. The van der Waals surface area contributed by atoms with Gasteiger partial charge in [0.25, 0.3) is 11.8 Å². The summed E-state index contributed by atoms with van der Waals surface area (Å²) in [5, 5.41) is 2.24. The smallest absolute Gasteiger partial charge is 0.262 e. The summed E-state index contributed by atoms with van der Waals surface area (Å²) in [7, 11) is 0. The zero-order valence-corrected chi connectivity index (χ0v) is 17.1. The molecule has 2 bridgehead atoms. The Bertz CT molecular complexity index is 981. The predicted molar refractivity (Wildman–Crippen MR) is 107 cm³/mol. The molecule has 1 unspecified atom stereocenters. The standard InChI is InChI=1S/C22H26N4O4/c1-2-21-9-22(10-21,11-23)25(12-21)8-13-4-3-5-14-17(13)20(30)26(19(14)29)15-6-7-16(27)24-18(15)28/h3-5,15H,2,6-12,23H2,1H3,(H,24,27,28). The molecule has 8 nitrogen and oxygen atoms in total. The molecule has 3 N–H and O–H groups in total. The maximum absolute atomic E-state index is 13.3. The number of fused-ring (bicyclic) bond motifs is 2. The topological polar surface area (TPSA) is 113 Å². The van der Waals surface area contributed by atoms with Crippen LogP contribution in [0.4, 0.5) is 0 Å². The van der Waals surface area contributed by atoms with Crippen molar-refractivity contribution in [2.24, 2.45) is 11.1 Å². The van der Waals surface area contributed by atoms with E-state index < -0.39 is 23.8 Å². The minimum atomic E-state index is -0.943. The Kier molecular flexibility index (Phi) is 4.17. The summed E-state index contributed by atoms with van der Waals surface area (Å²) in [6.45, 7) is 4.30. The van der Waals surface area contributed by atoms with Crippen molar-refractivity contribution in [3.05, 3.63) is 34.9 Å². The normalized spacial score (nSPS) is 33.0. The highest BCUT2D eigenvalue weighted by Crippen LogP contribution is 2.61. The third-order valence-corrected chi connectivity index (χ3v) is 7.65. The second kappa shape index (κ2) is 6.46. The third kappa shape index (κ3) is 2.53. The molecule has 6 rings (SSSR count). The van der Waals surface area contributed by atoms with Gasteiger partial charge in [-0.1, -0.05) is 19.1 Å². The van der Waals surface area contributed by atoms with Crippen LogP contribution in [0.1, 0.15) is 65.3 Å². The molecule has 1 aliphatic carbocycles. The van der Waals surface area contributed by atoms with Crippen molar-refractivity contribution in [3.8, 4) is 0 Å². The average Bonchev–Trinajstić information content (AvgIpc) is 3.27. The van der Waals surface area contributed by atoms with Crippen LogP contribution >= 0.6 is 0 Å². The lowest BCUT2D eigenvalue weighted by Gasteiger charge is -2.47. The molecule has 4 fully saturated rings. The zero-order chi connectivity index (χ0) is 21.3. The first-order valence-corrected chi connectivity index (χ1v) is 10.6. The van der Waals surface area contributed by atoms with Gasteiger partial charge in [0.2, 0.25) is 11.8 Å². The molecule has 4 amide bonds. The number of carbonyl (C=O) groups excluding carboxylic acids is 4. The number of nitrogens with zero attached hydrogens (tertiary/aromatic N) is 2. The highest BCUT2D eigenvalue weighted by Gasteiger charge is 2.63. The van der Waals surface area contributed by atoms with Crippen LogP contribution in [0, 0.1) is 5.41 Å². The molecule has 0 radical (unpaired) electrons. The van der Waals surface area contributed by atoms with Crippen molar-refractivity contribution in [2.45, 2.75) is 57.2 Å². The van der Waals surface area contributed by atoms with E-state index >= 15 is 0 Å². The van der Waals surface area contributed by atoms with E-state index in [4.69, 9.17) is 5.73 Å². The van der Waals surface area contributed by atoms with Gasteiger partial charge in [-0.05, 0) is 42.7 Å². The molecule has 0 aromatic heterocycles. The fourth-order valence-corrected chi connectivity index (χ4v) is 6.03. The molecule has 158 valence electrons. The van der Waals surface area contributed by atoms with Gasteiger partial charge in [-0.15, -0.1) is 0 Å². The number of hydrogen-bond donors (Lipinski definition) is 2. The van der Waals surface area contributed by atoms with Crippen molar-refractivity contribution in [3.63, 3.8) is 0 Å². The van der Waals surface area contributed by atoms with Gasteiger partial charge >= 0.3 is 0 Å². The molecule has 5 aliphatic rings. The van der Waals surface area contributed by atoms with Crippen molar-refractivity contribution < 1.29 is 19.2 Å². The first-order valence-electron chi connectivity index (χ1n) is 10.6. The van der Waals surface area contributed by atoms with Crippen LogP contribution < -0.4 is 11.1 Å². The van der Waals surface area contributed by atoms with E-state index in [1.54, 1.807) is 12.1 Å². The third-order valence-electron chi connectivity index (χ3n) is 7.65. The average molecular weight is 410 g/mol. The molecular formula is C22H26N4O4. The molecule has 4 heterocycles. The quantitative estimate of drug-likeness (QED) is 0.694. The minimum Gasteiger partial charge on any atom is -0.329 e. The number of piperidine rings is 1. The Morgan fingerprint density at radius 2 is 1.93 bits per heavy atom. The van der Waals surface area contributed by atoms with Gasteiger partial charge in [-0.25, -0.2) is 0 Å². The molecule has 4 aliphatic heterocycles. The van der Waals surface area contributed by atoms with Crippen LogP contribution in [0.2, 0.25) is 0 Å². The van der Waals surface area contributed by atoms with Gasteiger partial charge in [0.05, 0.1) is 11.1 Å². The second-order valence-corrected chi connectivity index (χ2v) is 9.28. The summed E-state index contributed by atoms with van der Waals surface area (Å²) in [6.07, 6.45) is 3.54. The van der Waals surface area contributed by atoms with Gasteiger partial charge in [0.15, 0.2) is 0 Å². The number of rotatable bonds is 5. The van der Waals surface area contributed by atoms with E-state index in [0.717, 1.165) is 36.3 Å². The van der Waals surface area contributed by atoms with E-state index in [0.29, 0.717) is 29.6 Å².